The number of halogens is 4. The molecule has 4 nitrogen and oxygen atoms in total. The monoisotopic (exact) mass is 331 g/mol. The van der Waals surface area contributed by atoms with Crippen LogP contribution in [0.4, 0.5) is 24.7 Å². The van der Waals surface area contributed by atoms with Crippen molar-refractivity contribution in [3.8, 4) is 6.01 Å². The first-order valence-electron chi connectivity index (χ1n) is 6.39. The van der Waals surface area contributed by atoms with Crippen LogP contribution in [0.1, 0.15) is 12.5 Å². The number of hydrogen-bond acceptors (Lipinski definition) is 4. The maximum atomic E-state index is 13.1. The van der Waals surface area contributed by atoms with Crippen LogP contribution in [0.25, 0.3) is 0 Å². The Bertz CT molecular complexity index is 647. The number of alkyl halides is 3. The summed E-state index contributed by atoms with van der Waals surface area (Å²) in [5.41, 5.74) is -0.426. The summed E-state index contributed by atoms with van der Waals surface area (Å²) in [6.45, 7) is 1.96. The lowest BCUT2D eigenvalue weighted by Crippen LogP contribution is -2.19. The maximum absolute atomic E-state index is 13.1. The van der Waals surface area contributed by atoms with Crippen molar-refractivity contribution in [2.75, 3.05) is 18.6 Å². The zero-order chi connectivity index (χ0) is 16.3. The van der Waals surface area contributed by atoms with Gasteiger partial charge in [0.25, 0.3) is 0 Å². The average molecular weight is 332 g/mol. The Labute approximate surface area is 130 Å². The molecule has 0 saturated carbocycles. The fraction of sp³-hybridized carbons (Fsp3) is 0.286. The van der Waals surface area contributed by atoms with Gasteiger partial charge in [0.05, 0.1) is 6.61 Å². The zero-order valence-corrected chi connectivity index (χ0v) is 12.6. The van der Waals surface area contributed by atoms with Gasteiger partial charge >= 0.3 is 12.2 Å². The van der Waals surface area contributed by atoms with E-state index >= 15 is 0 Å². The molecule has 8 heteroatoms. The van der Waals surface area contributed by atoms with Gasteiger partial charge < -0.3 is 9.64 Å². The Morgan fingerprint density at radius 3 is 2.41 bits per heavy atom. The van der Waals surface area contributed by atoms with Gasteiger partial charge in [-0.25, -0.2) is 4.98 Å². The Morgan fingerprint density at radius 2 is 1.86 bits per heavy atom. The van der Waals surface area contributed by atoms with E-state index in [0.29, 0.717) is 10.7 Å². The quantitative estimate of drug-likeness (QED) is 0.836. The molecule has 0 fully saturated rings. The van der Waals surface area contributed by atoms with Crippen molar-refractivity contribution in [2.24, 2.45) is 0 Å². The Kier molecular flexibility index (Phi) is 4.75. The zero-order valence-electron chi connectivity index (χ0n) is 11.9. The fourth-order valence-corrected chi connectivity index (χ4v) is 1.92. The van der Waals surface area contributed by atoms with Crippen molar-refractivity contribution in [2.45, 2.75) is 13.1 Å². The summed E-state index contributed by atoms with van der Waals surface area (Å²) in [5, 5.41) is 0.492. The molecule has 22 heavy (non-hydrogen) atoms. The Morgan fingerprint density at radius 1 is 1.23 bits per heavy atom. The summed E-state index contributed by atoms with van der Waals surface area (Å²) < 4.78 is 44.5. The highest BCUT2D eigenvalue weighted by Gasteiger charge is 2.36. The molecular formula is C14H13ClF3N3O. The summed E-state index contributed by atoms with van der Waals surface area (Å²) >= 11 is 5.79. The van der Waals surface area contributed by atoms with Gasteiger partial charge in [0.1, 0.15) is 5.56 Å². The first kappa shape index (κ1) is 16.4. The lowest BCUT2D eigenvalue weighted by atomic mass is 10.2. The van der Waals surface area contributed by atoms with Gasteiger partial charge in [-0.15, -0.1) is 0 Å². The van der Waals surface area contributed by atoms with Gasteiger partial charge in [0.15, 0.2) is 5.82 Å². The highest BCUT2D eigenvalue weighted by Crippen LogP contribution is 2.37. The summed E-state index contributed by atoms with van der Waals surface area (Å²) in [4.78, 5) is 8.76. The van der Waals surface area contributed by atoms with Gasteiger partial charge in [0, 0.05) is 24.0 Å². The minimum absolute atomic E-state index is 0.105. The standard InChI is InChI=1S/C14H13ClF3N3O/c1-3-22-13-19-8-11(14(16,17)18)12(20-13)21(2)10-6-4-9(15)5-7-10/h4-8H,3H2,1-2H3. The van der Waals surface area contributed by atoms with E-state index in [1.54, 1.807) is 31.2 Å². The second-order valence-electron chi connectivity index (χ2n) is 4.36. The maximum Gasteiger partial charge on any atom is 0.421 e. The van der Waals surface area contributed by atoms with Gasteiger partial charge in [-0.3, -0.25) is 0 Å². The molecule has 0 aliphatic carbocycles. The fourth-order valence-electron chi connectivity index (χ4n) is 1.80. The van der Waals surface area contributed by atoms with Crippen LogP contribution < -0.4 is 9.64 Å². The van der Waals surface area contributed by atoms with Crippen molar-refractivity contribution in [3.05, 3.63) is 41.0 Å². The van der Waals surface area contributed by atoms with E-state index in [9.17, 15) is 13.2 Å². The second-order valence-corrected chi connectivity index (χ2v) is 4.79. The minimum atomic E-state index is -4.57. The van der Waals surface area contributed by atoms with E-state index in [1.807, 2.05) is 0 Å². The number of rotatable bonds is 4. The van der Waals surface area contributed by atoms with Crippen LogP contribution in [0.5, 0.6) is 6.01 Å². The molecule has 1 aromatic heterocycles. The van der Waals surface area contributed by atoms with E-state index in [0.717, 1.165) is 6.20 Å². The summed E-state index contributed by atoms with van der Waals surface area (Å²) in [6.07, 6.45) is -3.85. The summed E-state index contributed by atoms with van der Waals surface area (Å²) in [5.74, 6) is -0.284. The highest BCUT2D eigenvalue weighted by molar-refractivity contribution is 6.30. The third kappa shape index (κ3) is 3.59. The molecular weight excluding hydrogens is 319 g/mol. The first-order valence-corrected chi connectivity index (χ1v) is 6.77. The van der Waals surface area contributed by atoms with Crippen LogP contribution >= 0.6 is 11.6 Å². The van der Waals surface area contributed by atoms with Crippen LogP contribution in [-0.2, 0) is 6.18 Å². The number of aromatic nitrogens is 2. The molecule has 0 aliphatic heterocycles. The van der Waals surface area contributed by atoms with E-state index in [-0.39, 0.29) is 18.4 Å². The van der Waals surface area contributed by atoms with Crippen molar-refractivity contribution in [1.82, 2.24) is 9.97 Å². The third-order valence-corrected chi connectivity index (χ3v) is 3.11. The molecule has 0 spiro atoms. The molecule has 0 radical (unpaired) electrons. The van der Waals surface area contributed by atoms with Crippen molar-refractivity contribution >= 4 is 23.1 Å². The van der Waals surface area contributed by atoms with E-state index in [1.165, 1.54) is 11.9 Å². The lowest BCUT2D eigenvalue weighted by molar-refractivity contribution is -0.137. The normalized spacial score (nSPS) is 11.4. The lowest BCUT2D eigenvalue weighted by Gasteiger charge is -2.22. The van der Waals surface area contributed by atoms with Crippen LogP contribution in [0, 0.1) is 0 Å². The van der Waals surface area contributed by atoms with Gasteiger partial charge in [-0.2, -0.15) is 18.2 Å². The highest BCUT2D eigenvalue weighted by atomic mass is 35.5. The topological polar surface area (TPSA) is 38.2 Å². The summed E-state index contributed by atoms with van der Waals surface area (Å²) in [7, 11) is 1.48. The Balaban J connectivity index is 2.49. The first-order chi connectivity index (χ1) is 10.3. The molecule has 2 rings (SSSR count). The average Bonchev–Trinajstić information content (AvgIpc) is 2.46. The predicted molar refractivity (Wildman–Crippen MR) is 77.7 cm³/mol. The van der Waals surface area contributed by atoms with Crippen LogP contribution in [0.2, 0.25) is 5.02 Å². The van der Waals surface area contributed by atoms with Crippen LogP contribution in [0.15, 0.2) is 30.5 Å². The number of hydrogen-bond donors (Lipinski definition) is 0. The van der Waals surface area contributed by atoms with E-state index < -0.39 is 11.7 Å². The smallest absolute Gasteiger partial charge is 0.421 e. The molecule has 118 valence electrons. The van der Waals surface area contributed by atoms with Crippen molar-refractivity contribution in [1.29, 1.82) is 0 Å². The largest absolute Gasteiger partial charge is 0.464 e. The molecule has 0 unspecified atom stereocenters. The molecule has 0 atom stereocenters. The Hall–Kier alpha value is -2.02. The molecule has 2 aromatic rings. The van der Waals surface area contributed by atoms with Gasteiger partial charge in [-0.05, 0) is 31.2 Å². The SMILES string of the molecule is CCOc1ncc(C(F)(F)F)c(N(C)c2ccc(Cl)cc2)n1. The number of anilines is 2. The molecule has 0 aliphatic rings. The van der Waals surface area contributed by atoms with Crippen molar-refractivity contribution in [3.63, 3.8) is 0 Å². The van der Waals surface area contributed by atoms with Gasteiger partial charge in [0.2, 0.25) is 0 Å². The minimum Gasteiger partial charge on any atom is -0.464 e. The van der Waals surface area contributed by atoms with Crippen LogP contribution in [-0.4, -0.2) is 23.6 Å². The number of benzene rings is 1. The molecule has 0 saturated heterocycles. The molecule has 0 bridgehead atoms. The molecule has 0 amide bonds. The molecule has 1 aromatic carbocycles. The van der Waals surface area contributed by atoms with E-state index in [4.69, 9.17) is 16.3 Å². The van der Waals surface area contributed by atoms with Crippen molar-refractivity contribution < 1.29 is 17.9 Å². The predicted octanol–water partition coefficient (Wildman–Crippen LogP) is 4.32. The number of nitrogens with zero attached hydrogens (tertiary/aromatic N) is 3. The molecule has 0 N–H and O–H groups in total. The van der Waals surface area contributed by atoms with E-state index in [2.05, 4.69) is 9.97 Å². The third-order valence-electron chi connectivity index (χ3n) is 2.86. The second kappa shape index (κ2) is 6.39. The van der Waals surface area contributed by atoms with Gasteiger partial charge in [-0.1, -0.05) is 11.6 Å². The number of ether oxygens (including phenoxy) is 1. The summed E-state index contributed by atoms with van der Waals surface area (Å²) in [6, 6.07) is 6.28. The molecule has 1 heterocycles. The van der Waals surface area contributed by atoms with Crippen LogP contribution in [0.3, 0.4) is 0 Å².